The van der Waals surface area contributed by atoms with Crippen LogP contribution in [0.5, 0.6) is 0 Å². The number of hydrogen-bond acceptors (Lipinski definition) is 3. The van der Waals surface area contributed by atoms with Crippen molar-refractivity contribution in [1.82, 2.24) is 5.32 Å². The smallest absolute Gasteiger partial charge is 0.220 e. The van der Waals surface area contributed by atoms with E-state index in [-0.39, 0.29) is 36.3 Å². The third-order valence-corrected chi connectivity index (χ3v) is 4.99. The summed E-state index contributed by atoms with van der Waals surface area (Å²) in [7, 11) is -3.02. The number of benzene rings is 1. The van der Waals surface area contributed by atoms with E-state index in [0.29, 0.717) is 12.0 Å². The third-order valence-electron chi connectivity index (χ3n) is 3.22. The van der Waals surface area contributed by atoms with E-state index in [4.69, 9.17) is 0 Å². The zero-order chi connectivity index (χ0) is 14.8. The van der Waals surface area contributed by atoms with Crippen molar-refractivity contribution in [1.29, 1.82) is 0 Å². The van der Waals surface area contributed by atoms with Gasteiger partial charge in [0.2, 0.25) is 5.91 Å². The first-order valence-corrected chi connectivity index (χ1v) is 8.11. The molecule has 1 heterocycles. The van der Waals surface area contributed by atoms with Gasteiger partial charge in [-0.1, -0.05) is 6.07 Å². The summed E-state index contributed by atoms with van der Waals surface area (Å²) >= 11 is 0. The minimum atomic E-state index is -3.02. The van der Waals surface area contributed by atoms with Gasteiger partial charge in [-0.2, -0.15) is 0 Å². The second kappa shape index (κ2) is 5.87. The second-order valence-electron chi connectivity index (χ2n) is 4.92. The number of amides is 1. The Kier molecular flexibility index (Phi) is 4.37. The van der Waals surface area contributed by atoms with Gasteiger partial charge in [0, 0.05) is 12.5 Å². The lowest BCUT2D eigenvalue weighted by Gasteiger charge is -2.10. The fourth-order valence-corrected chi connectivity index (χ4v) is 3.84. The molecule has 1 aliphatic heterocycles. The molecule has 0 aliphatic carbocycles. The van der Waals surface area contributed by atoms with Crippen LogP contribution in [0.2, 0.25) is 0 Å². The fourth-order valence-electron chi connectivity index (χ4n) is 2.16. The lowest BCUT2D eigenvalue weighted by atomic mass is 10.1. The minimum absolute atomic E-state index is 0.0239. The number of halogens is 2. The molecule has 1 aromatic carbocycles. The predicted octanol–water partition coefficient (Wildman–Crippen LogP) is 1.20. The number of sulfone groups is 1. The topological polar surface area (TPSA) is 63.2 Å². The molecule has 1 saturated heterocycles. The van der Waals surface area contributed by atoms with Crippen LogP contribution in [0, 0.1) is 11.6 Å². The molecule has 4 nitrogen and oxygen atoms in total. The molecule has 0 saturated carbocycles. The molecule has 110 valence electrons. The largest absolute Gasteiger partial charge is 0.352 e. The monoisotopic (exact) mass is 303 g/mol. The van der Waals surface area contributed by atoms with Crippen molar-refractivity contribution in [2.24, 2.45) is 0 Å². The molecule has 1 aliphatic rings. The first-order valence-electron chi connectivity index (χ1n) is 6.29. The molecular formula is C13H15F2NO3S. The maximum absolute atomic E-state index is 13.0. The summed E-state index contributed by atoms with van der Waals surface area (Å²) in [6.07, 6.45) is 0.823. The van der Waals surface area contributed by atoms with E-state index >= 15 is 0 Å². The molecule has 0 spiro atoms. The number of rotatable bonds is 4. The summed E-state index contributed by atoms with van der Waals surface area (Å²) in [5, 5.41) is 2.64. The first kappa shape index (κ1) is 14.9. The summed E-state index contributed by atoms with van der Waals surface area (Å²) < 4.78 is 48.2. The molecule has 1 atom stereocenters. The molecule has 1 fully saturated rings. The van der Waals surface area contributed by atoms with Crippen LogP contribution in [0.3, 0.4) is 0 Å². The van der Waals surface area contributed by atoms with Crippen LogP contribution in [-0.4, -0.2) is 31.9 Å². The van der Waals surface area contributed by atoms with Gasteiger partial charge < -0.3 is 5.32 Å². The highest BCUT2D eigenvalue weighted by Crippen LogP contribution is 2.13. The van der Waals surface area contributed by atoms with Crippen molar-refractivity contribution in [3.63, 3.8) is 0 Å². The number of nitrogens with one attached hydrogen (secondary N) is 1. The van der Waals surface area contributed by atoms with Crippen LogP contribution >= 0.6 is 0 Å². The van der Waals surface area contributed by atoms with Gasteiger partial charge in [-0.3, -0.25) is 4.79 Å². The average Bonchev–Trinajstić information content (AvgIpc) is 2.70. The number of carbonyl (C=O) groups is 1. The maximum atomic E-state index is 13.0. The van der Waals surface area contributed by atoms with Crippen molar-refractivity contribution in [2.75, 3.05) is 11.5 Å². The Balaban J connectivity index is 1.82. The third kappa shape index (κ3) is 4.00. The quantitative estimate of drug-likeness (QED) is 0.909. The number of carbonyl (C=O) groups excluding carboxylic acids is 1. The standard InChI is InChI=1S/C13H15F2NO3S/c14-11-3-1-9(7-12(11)15)2-4-13(17)16-10-5-6-20(18,19)8-10/h1,3,7,10H,2,4-6,8H2,(H,16,17). The molecule has 0 aromatic heterocycles. The summed E-state index contributed by atoms with van der Waals surface area (Å²) in [6.45, 7) is 0. The van der Waals surface area contributed by atoms with Gasteiger partial charge in [-0.25, -0.2) is 17.2 Å². The van der Waals surface area contributed by atoms with E-state index in [0.717, 1.165) is 12.1 Å². The zero-order valence-electron chi connectivity index (χ0n) is 10.7. The zero-order valence-corrected chi connectivity index (χ0v) is 11.6. The van der Waals surface area contributed by atoms with E-state index in [1.54, 1.807) is 0 Å². The van der Waals surface area contributed by atoms with Gasteiger partial charge in [-0.15, -0.1) is 0 Å². The normalized spacial score (nSPS) is 20.8. The molecule has 20 heavy (non-hydrogen) atoms. The minimum Gasteiger partial charge on any atom is -0.352 e. The van der Waals surface area contributed by atoms with Crippen molar-refractivity contribution >= 4 is 15.7 Å². The van der Waals surface area contributed by atoms with E-state index in [1.165, 1.54) is 6.07 Å². The van der Waals surface area contributed by atoms with Crippen LogP contribution in [0.4, 0.5) is 8.78 Å². The van der Waals surface area contributed by atoms with Crippen LogP contribution in [0.15, 0.2) is 18.2 Å². The Morgan fingerprint density at radius 1 is 1.30 bits per heavy atom. The summed E-state index contributed by atoms with van der Waals surface area (Å²) in [5.74, 6) is -2.07. The molecular weight excluding hydrogens is 288 g/mol. The lowest BCUT2D eigenvalue weighted by molar-refractivity contribution is -0.121. The fraction of sp³-hybridized carbons (Fsp3) is 0.462. The van der Waals surface area contributed by atoms with Gasteiger partial charge >= 0.3 is 0 Å². The predicted molar refractivity (Wildman–Crippen MR) is 69.9 cm³/mol. The molecule has 0 bridgehead atoms. The van der Waals surface area contributed by atoms with E-state index in [1.807, 2.05) is 0 Å². The van der Waals surface area contributed by atoms with Crippen molar-refractivity contribution < 1.29 is 22.0 Å². The highest BCUT2D eigenvalue weighted by molar-refractivity contribution is 7.91. The summed E-state index contributed by atoms with van der Waals surface area (Å²) in [6, 6.07) is 3.16. The van der Waals surface area contributed by atoms with Gasteiger partial charge in [0.05, 0.1) is 11.5 Å². The van der Waals surface area contributed by atoms with Crippen LogP contribution in [-0.2, 0) is 21.1 Å². The molecule has 1 unspecified atom stereocenters. The van der Waals surface area contributed by atoms with E-state index < -0.39 is 21.5 Å². The lowest BCUT2D eigenvalue weighted by Crippen LogP contribution is -2.35. The van der Waals surface area contributed by atoms with Crippen LogP contribution in [0.25, 0.3) is 0 Å². The summed E-state index contributed by atoms with van der Waals surface area (Å²) in [4.78, 5) is 11.7. The Hall–Kier alpha value is -1.50. The molecule has 1 aromatic rings. The van der Waals surface area contributed by atoms with Gasteiger partial charge in [0.25, 0.3) is 0 Å². The summed E-state index contributed by atoms with van der Waals surface area (Å²) in [5.41, 5.74) is 0.526. The Bertz CT molecular complexity index is 616. The van der Waals surface area contributed by atoms with Crippen molar-refractivity contribution in [3.05, 3.63) is 35.4 Å². The Morgan fingerprint density at radius 2 is 2.05 bits per heavy atom. The molecule has 7 heteroatoms. The molecule has 1 N–H and O–H groups in total. The Morgan fingerprint density at radius 3 is 2.65 bits per heavy atom. The molecule has 0 radical (unpaired) electrons. The van der Waals surface area contributed by atoms with Crippen molar-refractivity contribution in [2.45, 2.75) is 25.3 Å². The number of hydrogen-bond donors (Lipinski definition) is 1. The van der Waals surface area contributed by atoms with Gasteiger partial charge in [0.1, 0.15) is 0 Å². The second-order valence-corrected chi connectivity index (χ2v) is 7.14. The number of aryl methyl sites for hydroxylation is 1. The molecule has 2 rings (SSSR count). The SMILES string of the molecule is O=C(CCc1ccc(F)c(F)c1)NC1CCS(=O)(=O)C1. The van der Waals surface area contributed by atoms with E-state index in [2.05, 4.69) is 5.32 Å². The Labute approximate surface area is 116 Å². The van der Waals surface area contributed by atoms with Gasteiger partial charge in [0.15, 0.2) is 21.5 Å². The van der Waals surface area contributed by atoms with Crippen molar-refractivity contribution in [3.8, 4) is 0 Å². The first-order chi connectivity index (χ1) is 9.35. The highest BCUT2D eigenvalue weighted by atomic mass is 32.2. The highest BCUT2D eigenvalue weighted by Gasteiger charge is 2.28. The maximum Gasteiger partial charge on any atom is 0.220 e. The van der Waals surface area contributed by atoms with Crippen LogP contribution in [0.1, 0.15) is 18.4 Å². The van der Waals surface area contributed by atoms with Gasteiger partial charge in [-0.05, 0) is 30.5 Å². The molecule has 1 amide bonds. The van der Waals surface area contributed by atoms with E-state index in [9.17, 15) is 22.0 Å². The van der Waals surface area contributed by atoms with Crippen LogP contribution < -0.4 is 5.32 Å². The average molecular weight is 303 g/mol.